The van der Waals surface area contributed by atoms with Gasteiger partial charge >= 0.3 is 6.09 Å². The van der Waals surface area contributed by atoms with Crippen LogP contribution in [0.2, 0.25) is 0 Å². The molecule has 7 nitrogen and oxygen atoms in total. The number of rotatable bonds is 6. The number of carbonyl (C=O) groups is 2. The third-order valence-corrected chi connectivity index (χ3v) is 3.48. The predicted octanol–water partition coefficient (Wildman–Crippen LogP) is 1.81. The lowest BCUT2D eigenvalue weighted by Gasteiger charge is -2.20. The molecule has 0 bridgehead atoms. The molecule has 0 spiro atoms. The predicted molar refractivity (Wildman–Crippen MR) is 76.7 cm³/mol. The Morgan fingerprint density at radius 3 is 2.50 bits per heavy atom. The fraction of sp³-hybridized carbons (Fsp3) is 0.667. The molecule has 112 valence electrons. The van der Waals surface area contributed by atoms with E-state index in [-0.39, 0.29) is 18.4 Å². The summed E-state index contributed by atoms with van der Waals surface area (Å²) in [6.07, 6.45) is 0.162. The molecule has 2 N–H and O–H groups in total. The fourth-order valence-electron chi connectivity index (χ4n) is 1.46. The van der Waals surface area contributed by atoms with Gasteiger partial charge in [0.15, 0.2) is 0 Å². The van der Waals surface area contributed by atoms with E-state index in [2.05, 4.69) is 20.8 Å². The van der Waals surface area contributed by atoms with Crippen LogP contribution in [-0.4, -0.2) is 34.8 Å². The largest absolute Gasteiger partial charge is 0.450 e. The van der Waals surface area contributed by atoms with Crippen molar-refractivity contribution in [3.05, 3.63) is 5.01 Å². The van der Waals surface area contributed by atoms with Gasteiger partial charge in [0.05, 0.1) is 6.61 Å². The molecule has 8 heteroatoms. The minimum absolute atomic E-state index is 0.0713. The molecule has 1 rings (SSSR count). The molecule has 0 aliphatic heterocycles. The van der Waals surface area contributed by atoms with Crippen LogP contribution in [0.25, 0.3) is 0 Å². The van der Waals surface area contributed by atoms with Crippen LogP contribution < -0.4 is 10.6 Å². The van der Waals surface area contributed by atoms with Gasteiger partial charge in [0, 0.05) is 0 Å². The molecule has 2 amide bonds. The number of alkyl carbamates (subject to hydrolysis) is 1. The molecule has 0 fully saturated rings. The molecule has 1 aromatic heterocycles. The van der Waals surface area contributed by atoms with Gasteiger partial charge in [-0.3, -0.25) is 10.1 Å². The first kappa shape index (κ1) is 16.4. The van der Waals surface area contributed by atoms with Crippen molar-refractivity contribution in [1.29, 1.82) is 0 Å². The Bertz CT molecular complexity index is 461. The zero-order valence-corrected chi connectivity index (χ0v) is 12.9. The van der Waals surface area contributed by atoms with Crippen molar-refractivity contribution < 1.29 is 14.3 Å². The Labute approximate surface area is 122 Å². The monoisotopic (exact) mass is 300 g/mol. The molecule has 1 atom stereocenters. The maximum Gasteiger partial charge on any atom is 0.407 e. The topological polar surface area (TPSA) is 93.2 Å². The number of hydrogen-bond acceptors (Lipinski definition) is 6. The summed E-state index contributed by atoms with van der Waals surface area (Å²) in [7, 11) is 0. The van der Waals surface area contributed by atoms with Gasteiger partial charge in [-0.25, -0.2) is 4.79 Å². The second kappa shape index (κ2) is 7.78. The van der Waals surface area contributed by atoms with E-state index in [1.807, 2.05) is 20.8 Å². The van der Waals surface area contributed by atoms with Crippen LogP contribution in [0.1, 0.15) is 32.7 Å². The first-order valence-electron chi connectivity index (χ1n) is 6.54. The highest BCUT2D eigenvalue weighted by Gasteiger charge is 2.25. The molecule has 1 unspecified atom stereocenters. The minimum Gasteiger partial charge on any atom is -0.450 e. The van der Waals surface area contributed by atoms with Crippen LogP contribution in [0, 0.1) is 5.92 Å². The Balaban J connectivity index is 2.66. The molecule has 0 saturated heterocycles. The van der Waals surface area contributed by atoms with E-state index in [4.69, 9.17) is 4.74 Å². The quantitative estimate of drug-likeness (QED) is 0.835. The summed E-state index contributed by atoms with van der Waals surface area (Å²) >= 11 is 1.32. The first-order valence-corrected chi connectivity index (χ1v) is 7.36. The Hall–Kier alpha value is -1.70. The van der Waals surface area contributed by atoms with Crippen molar-refractivity contribution >= 4 is 28.5 Å². The van der Waals surface area contributed by atoms with E-state index >= 15 is 0 Å². The van der Waals surface area contributed by atoms with Gasteiger partial charge in [0.2, 0.25) is 11.0 Å². The summed E-state index contributed by atoms with van der Waals surface area (Å²) in [5, 5.41) is 14.3. The van der Waals surface area contributed by atoms with E-state index in [0.29, 0.717) is 5.13 Å². The van der Waals surface area contributed by atoms with Gasteiger partial charge in [0.25, 0.3) is 0 Å². The Kier molecular flexibility index (Phi) is 6.37. The minimum atomic E-state index is -0.678. The van der Waals surface area contributed by atoms with E-state index < -0.39 is 12.1 Å². The number of hydrogen-bond donors (Lipinski definition) is 2. The SMILES string of the molecule is CCOC(=O)NC(C(=O)Nc1nnc(CC)s1)C(C)C. The number of anilines is 1. The highest BCUT2D eigenvalue weighted by atomic mass is 32.1. The zero-order chi connectivity index (χ0) is 15.1. The van der Waals surface area contributed by atoms with Gasteiger partial charge in [-0.2, -0.15) is 0 Å². The van der Waals surface area contributed by atoms with Gasteiger partial charge in [-0.15, -0.1) is 10.2 Å². The number of amides is 2. The smallest absolute Gasteiger partial charge is 0.407 e. The molecule has 1 aromatic rings. The third kappa shape index (κ3) is 4.76. The zero-order valence-electron chi connectivity index (χ0n) is 12.1. The molecule has 0 aliphatic rings. The lowest BCUT2D eigenvalue weighted by molar-refractivity contribution is -0.119. The molecule has 0 aromatic carbocycles. The van der Waals surface area contributed by atoms with Crippen molar-refractivity contribution in [3.63, 3.8) is 0 Å². The second-order valence-corrected chi connectivity index (χ2v) is 5.49. The normalized spacial score (nSPS) is 12.1. The molecule has 20 heavy (non-hydrogen) atoms. The van der Waals surface area contributed by atoms with Crippen LogP contribution in [0.5, 0.6) is 0 Å². The molecular formula is C12H20N4O3S. The van der Waals surface area contributed by atoms with Gasteiger partial charge in [0.1, 0.15) is 11.0 Å². The lowest BCUT2D eigenvalue weighted by Crippen LogP contribution is -2.47. The summed E-state index contributed by atoms with van der Waals surface area (Å²) in [4.78, 5) is 23.6. The summed E-state index contributed by atoms with van der Waals surface area (Å²) in [5.74, 6) is -0.398. The standard InChI is InChI=1S/C12H20N4O3S/c1-5-8-15-16-11(20-8)14-10(17)9(7(3)4)13-12(18)19-6-2/h7,9H,5-6H2,1-4H3,(H,13,18)(H,14,16,17). The lowest BCUT2D eigenvalue weighted by atomic mass is 10.0. The van der Waals surface area contributed by atoms with Crippen molar-refractivity contribution in [2.75, 3.05) is 11.9 Å². The van der Waals surface area contributed by atoms with Crippen molar-refractivity contribution in [2.24, 2.45) is 5.92 Å². The van der Waals surface area contributed by atoms with Crippen molar-refractivity contribution in [2.45, 2.75) is 40.2 Å². The maximum absolute atomic E-state index is 12.1. The Morgan fingerprint density at radius 2 is 2.00 bits per heavy atom. The van der Waals surface area contributed by atoms with Crippen LogP contribution in [0.15, 0.2) is 0 Å². The van der Waals surface area contributed by atoms with Crippen molar-refractivity contribution in [3.8, 4) is 0 Å². The van der Waals surface area contributed by atoms with E-state index in [0.717, 1.165) is 11.4 Å². The van der Waals surface area contributed by atoms with Crippen LogP contribution >= 0.6 is 11.3 Å². The fourth-order valence-corrected chi connectivity index (χ4v) is 2.15. The first-order chi connectivity index (χ1) is 9.47. The van der Waals surface area contributed by atoms with E-state index in [1.165, 1.54) is 11.3 Å². The Morgan fingerprint density at radius 1 is 1.30 bits per heavy atom. The molecule has 0 radical (unpaired) electrons. The van der Waals surface area contributed by atoms with Crippen LogP contribution in [0.4, 0.5) is 9.93 Å². The summed E-state index contributed by atoms with van der Waals surface area (Å²) in [6.45, 7) is 7.61. The average molecular weight is 300 g/mol. The third-order valence-electron chi connectivity index (χ3n) is 2.50. The van der Waals surface area contributed by atoms with Crippen molar-refractivity contribution in [1.82, 2.24) is 15.5 Å². The summed E-state index contributed by atoms with van der Waals surface area (Å²) in [5.41, 5.74) is 0. The average Bonchev–Trinajstić information content (AvgIpc) is 2.83. The number of nitrogens with zero attached hydrogens (tertiary/aromatic N) is 2. The summed E-state index contributed by atoms with van der Waals surface area (Å²) < 4.78 is 4.79. The molecule has 0 aliphatic carbocycles. The number of nitrogens with one attached hydrogen (secondary N) is 2. The number of carbonyl (C=O) groups excluding carboxylic acids is 2. The number of aryl methyl sites for hydroxylation is 1. The van der Waals surface area contributed by atoms with Crippen LogP contribution in [0.3, 0.4) is 0 Å². The molecular weight excluding hydrogens is 280 g/mol. The van der Waals surface area contributed by atoms with Crippen LogP contribution in [-0.2, 0) is 16.0 Å². The molecule has 1 heterocycles. The van der Waals surface area contributed by atoms with E-state index in [9.17, 15) is 9.59 Å². The summed E-state index contributed by atoms with van der Waals surface area (Å²) in [6, 6.07) is -0.678. The number of aromatic nitrogens is 2. The van der Waals surface area contributed by atoms with Gasteiger partial charge < -0.3 is 10.1 Å². The van der Waals surface area contributed by atoms with E-state index in [1.54, 1.807) is 6.92 Å². The highest BCUT2D eigenvalue weighted by Crippen LogP contribution is 2.16. The molecule has 0 saturated carbocycles. The number of ether oxygens (including phenoxy) is 1. The highest BCUT2D eigenvalue weighted by molar-refractivity contribution is 7.15. The second-order valence-electron chi connectivity index (χ2n) is 4.43. The van der Waals surface area contributed by atoms with Gasteiger partial charge in [-0.1, -0.05) is 32.1 Å². The maximum atomic E-state index is 12.1. The van der Waals surface area contributed by atoms with Gasteiger partial charge in [-0.05, 0) is 19.3 Å².